The van der Waals surface area contributed by atoms with Gasteiger partial charge in [-0.2, -0.15) is 0 Å². The number of nitrogens with one attached hydrogen (secondary N) is 2. The van der Waals surface area contributed by atoms with E-state index in [-0.39, 0.29) is 11.8 Å². The van der Waals surface area contributed by atoms with Gasteiger partial charge in [0.1, 0.15) is 4.88 Å². The van der Waals surface area contributed by atoms with E-state index < -0.39 is 5.97 Å². The lowest BCUT2D eigenvalue weighted by atomic mass is 9.98. The Balaban J connectivity index is 2.11. The lowest BCUT2D eigenvalue weighted by molar-refractivity contribution is -0.120. The van der Waals surface area contributed by atoms with Gasteiger partial charge in [-0.3, -0.25) is 4.79 Å². The molecular formula is C13H18N2O3S. The number of hydrogen-bond donors (Lipinski definition) is 2. The number of ether oxygens (including phenoxy) is 1. The first kappa shape index (κ1) is 14.0. The fourth-order valence-corrected chi connectivity index (χ4v) is 3.07. The zero-order valence-electron chi connectivity index (χ0n) is 11.1. The van der Waals surface area contributed by atoms with Crippen LogP contribution in [0.5, 0.6) is 0 Å². The number of carbonyl (C=O) groups is 2. The van der Waals surface area contributed by atoms with Crippen LogP contribution in [0.15, 0.2) is 5.38 Å². The Labute approximate surface area is 116 Å². The summed E-state index contributed by atoms with van der Waals surface area (Å²) in [6.45, 7) is 3.54. The number of methoxy groups -OCH3 is 1. The summed E-state index contributed by atoms with van der Waals surface area (Å²) in [4.78, 5) is 24.3. The van der Waals surface area contributed by atoms with E-state index >= 15 is 0 Å². The predicted molar refractivity (Wildman–Crippen MR) is 74.6 cm³/mol. The van der Waals surface area contributed by atoms with Crippen molar-refractivity contribution in [1.82, 2.24) is 5.32 Å². The van der Waals surface area contributed by atoms with Gasteiger partial charge in [0.05, 0.1) is 18.7 Å². The molecule has 19 heavy (non-hydrogen) atoms. The molecule has 0 saturated carbocycles. The largest absolute Gasteiger partial charge is 0.465 e. The van der Waals surface area contributed by atoms with Crippen molar-refractivity contribution >= 4 is 28.9 Å². The van der Waals surface area contributed by atoms with Crippen molar-refractivity contribution in [1.29, 1.82) is 0 Å². The summed E-state index contributed by atoms with van der Waals surface area (Å²) < 4.78 is 4.73. The minimum absolute atomic E-state index is 0.0288. The molecule has 1 atom stereocenters. The molecule has 2 rings (SSSR count). The van der Waals surface area contributed by atoms with Crippen molar-refractivity contribution in [2.45, 2.75) is 19.8 Å². The lowest BCUT2D eigenvalue weighted by Crippen LogP contribution is -2.37. The number of hydrogen-bond acceptors (Lipinski definition) is 5. The predicted octanol–water partition coefficient (Wildman–Crippen LogP) is 1.78. The third kappa shape index (κ3) is 3.13. The van der Waals surface area contributed by atoms with Crippen LogP contribution in [0.1, 0.15) is 28.1 Å². The first-order valence-corrected chi connectivity index (χ1v) is 7.19. The van der Waals surface area contributed by atoms with E-state index in [2.05, 4.69) is 10.6 Å². The smallest absolute Gasteiger partial charge is 0.350 e. The number of aryl methyl sites for hydroxylation is 1. The Morgan fingerprint density at radius 2 is 2.32 bits per heavy atom. The molecule has 1 amide bonds. The van der Waals surface area contributed by atoms with Crippen LogP contribution in [-0.4, -0.2) is 32.1 Å². The maximum Gasteiger partial charge on any atom is 0.350 e. The highest BCUT2D eigenvalue weighted by Crippen LogP contribution is 2.29. The average Bonchev–Trinajstić information content (AvgIpc) is 2.80. The molecule has 6 heteroatoms. The lowest BCUT2D eigenvalue weighted by Gasteiger charge is -2.22. The molecule has 1 aliphatic heterocycles. The molecule has 0 bridgehead atoms. The van der Waals surface area contributed by atoms with Crippen LogP contribution in [0.2, 0.25) is 0 Å². The van der Waals surface area contributed by atoms with Crippen LogP contribution in [-0.2, 0) is 9.53 Å². The summed E-state index contributed by atoms with van der Waals surface area (Å²) in [7, 11) is 1.34. The summed E-state index contributed by atoms with van der Waals surface area (Å²) in [6.07, 6.45) is 1.89. The van der Waals surface area contributed by atoms with Gasteiger partial charge in [0.15, 0.2) is 0 Å². The second-order valence-corrected chi connectivity index (χ2v) is 5.53. The van der Waals surface area contributed by atoms with E-state index in [1.807, 2.05) is 12.3 Å². The van der Waals surface area contributed by atoms with Gasteiger partial charge in [0.25, 0.3) is 0 Å². The number of rotatable bonds is 3. The third-order valence-corrected chi connectivity index (χ3v) is 4.34. The van der Waals surface area contributed by atoms with E-state index in [1.54, 1.807) is 0 Å². The van der Waals surface area contributed by atoms with Crippen LogP contribution >= 0.6 is 11.3 Å². The van der Waals surface area contributed by atoms with E-state index in [9.17, 15) is 9.59 Å². The topological polar surface area (TPSA) is 67.4 Å². The number of anilines is 1. The Morgan fingerprint density at radius 3 is 2.95 bits per heavy atom. The maximum absolute atomic E-state index is 12.2. The second-order valence-electron chi connectivity index (χ2n) is 4.65. The summed E-state index contributed by atoms with van der Waals surface area (Å²) in [6, 6.07) is 0. The van der Waals surface area contributed by atoms with Gasteiger partial charge in [-0.1, -0.05) is 0 Å². The van der Waals surface area contributed by atoms with E-state index in [0.717, 1.165) is 24.9 Å². The highest BCUT2D eigenvalue weighted by atomic mass is 32.1. The molecule has 0 aromatic carbocycles. The number of piperidine rings is 1. The maximum atomic E-state index is 12.2. The van der Waals surface area contributed by atoms with Gasteiger partial charge in [-0.25, -0.2) is 4.79 Å². The van der Waals surface area contributed by atoms with Crippen molar-refractivity contribution < 1.29 is 14.3 Å². The molecule has 0 aliphatic carbocycles. The Morgan fingerprint density at radius 1 is 1.53 bits per heavy atom. The average molecular weight is 282 g/mol. The van der Waals surface area contributed by atoms with Crippen LogP contribution in [0.25, 0.3) is 0 Å². The van der Waals surface area contributed by atoms with Crippen LogP contribution < -0.4 is 10.6 Å². The monoisotopic (exact) mass is 282 g/mol. The highest BCUT2D eigenvalue weighted by molar-refractivity contribution is 7.12. The normalized spacial score (nSPS) is 18.9. The van der Waals surface area contributed by atoms with Gasteiger partial charge in [0, 0.05) is 6.54 Å². The molecule has 2 heterocycles. The number of thiophene rings is 1. The third-order valence-electron chi connectivity index (χ3n) is 3.26. The fraction of sp³-hybridized carbons (Fsp3) is 0.538. The minimum Gasteiger partial charge on any atom is -0.465 e. The van der Waals surface area contributed by atoms with Crippen LogP contribution in [0.4, 0.5) is 5.69 Å². The van der Waals surface area contributed by atoms with Crippen molar-refractivity contribution in [2.75, 3.05) is 25.5 Å². The summed E-state index contributed by atoms with van der Waals surface area (Å²) in [5.41, 5.74) is 1.48. The molecule has 5 nitrogen and oxygen atoms in total. The van der Waals surface area contributed by atoms with Crippen molar-refractivity contribution in [2.24, 2.45) is 5.92 Å². The second kappa shape index (κ2) is 6.16. The molecule has 1 aromatic heterocycles. The molecule has 0 unspecified atom stereocenters. The zero-order valence-corrected chi connectivity index (χ0v) is 11.9. The quantitative estimate of drug-likeness (QED) is 0.829. The first-order valence-electron chi connectivity index (χ1n) is 6.31. The van der Waals surface area contributed by atoms with Crippen LogP contribution in [0, 0.1) is 12.8 Å². The molecule has 0 spiro atoms. The summed E-state index contributed by atoms with van der Waals surface area (Å²) in [5.74, 6) is -0.465. The number of esters is 1. The molecule has 1 aliphatic rings. The van der Waals surface area contributed by atoms with E-state index in [4.69, 9.17) is 4.74 Å². The van der Waals surface area contributed by atoms with E-state index in [0.29, 0.717) is 17.1 Å². The standard InChI is InChI=1S/C13H18N2O3S/c1-8-7-19-11(13(17)18-2)10(8)15-12(16)9-4-3-5-14-6-9/h7,9,14H,3-6H2,1-2H3,(H,15,16)/t9-/m1/s1. The van der Waals surface area contributed by atoms with Crippen molar-refractivity contribution in [3.8, 4) is 0 Å². The van der Waals surface area contributed by atoms with Gasteiger partial charge < -0.3 is 15.4 Å². The van der Waals surface area contributed by atoms with Crippen molar-refractivity contribution in [3.63, 3.8) is 0 Å². The zero-order chi connectivity index (χ0) is 13.8. The molecule has 0 radical (unpaired) electrons. The fourth-order valence-electron chi connectivity index (χ4n) is 2.14. The number of carbonyl (C=O) groups excluding carboxylic acids is 2. The number of amides is 1. The van der Waals surface area contributed by atoms with Gasteiger partial charge in [-0.15, -0.1) is 11.3 Å². The Kier molecular flexibility index (Phi) is 4.55. The van der Waals surface area contributed by atoms with Gasteiger partial charge in [0.2, 0.25) is 5.91 Å². The molecular weight excluding hydrogens is 264 g/mol. The molecule has 104 valence electrons. The first-order chi connectivity index (χ1) is 9.13. The molecule has 1 fully saturated rings. The Hall–Kier alpha value is -1.40. The highest BCUT2D eigenvalue weighted by Gasteiger charge is 2.24. The molecule has 1 saturated heterocycles. The van der Waals surface area contributed by atoms with Gasteiger partial charge in [-0.05, 0) is 37.3 Å². The van der Waals surface area contributed by atoms with Crippen molar-refractivity contribution in [3.05, 3.63) is 15.8 Å². The van der Waals surface area contributed by atoms with Gasteiger partial charge >= 0.3 is 5.97 Å². The van der Waals surface area contributed by atoms with E-state index in [1.165, 1.54) is 18.4 Å². The Bertz CT molecular complexity index is 478. The summed E-state index contributed by atoms with van der Waals surface area (Å²) >= 11 is 1.29. The molecule has 1 aromatic rings. The summed E-state index contributed by atoms with van der Waals surface area (Å²) in [5, 5.41) is 7.93. The SMILES string of the molecule is COC(=O)c1scc(C)c1NC(=O)[C@@H]1CCCNC1. The molecule has 2 N–H and O–H groups in total. The minimum atomic E-state index is -0.407. The van der Waals surface area contributed by atoms with Crippen LogP contribution in [0.3, 0.4) is 0 Å².